The first-order valence-corrected chi connectivity index (χ1v) is 11.1. The fraction of sp³-hybridized carbons (Fsp3) is 0. The topological polar surface area (TPSA) is 59.3 Å². The van der Waals surface area contributed by atoms with E-state index in [9.17, 15) is 4.79 Å². The summed E-state index contributed by atoms with van der Waals surface area (Å²) in [6.07, 6.45) is 3.49. The molecule has 0 spiro atoms. The Bertz CT molecular complexity index is 1420. The Kier molecular flexibility index (Phi) is 5.54. The molecule has 0 bridgehead atoms. The molecule has 5 rings (SSSR count). The molecule has 1 amide bonds. The number of hydrogen-bond donors (Lipinski definition) is 1. The van der Waals surface area contributed by atoms with Crippen molar-refractivity contribution in [1.29, 1.82) is 0 Å². The number of nitrogens with one attached hydrogen (secondary N) is 1. The number of benzene rings is 3. The molecule has 0 fully saturated rings. The molecule has 0 unspecified atom stereocenters. The molecular formula is C25H17ClN4OS. The number of nitrogens with zero attached hydrogens (tertiary/aromatic N) is 3. The Hall–Kier alpha value is -3.74. The molecule has 2 heterocycles. The van der Waals surface area contributed by atoms with E-state index in [1.54, 1.807) is 10.9 Å². The van der Waals surface area contributed by atoms with Gasteiger partial charge < -0.3 is 0 Å². The van der Waals surface area contributed by atoms with Crippen LogP contribution in [-0.4, -0.2) is 21.9 Å². The van der Waals surface area contributed by atoms with E-state index < -0.39 is 0 Å². The van der Waals surface area contributed by atoms with E-state index in [-0.39, 0.29) is 5.91 Å². The summed E-state index contributed by atoms with van der Waals surface area (Å²) < 4.78 is 2.76. The number of aromatic nitrogens is 2. The Labute approximate surface area is 193 Å². The van der Waals surface area contributed by atoms with Crippen molar-refractivity contribution in [3.8, 4) is 16.9 Å². The largest absolute Gasteiger partial charge is 0.283 e. The lowest BCUT2D eigenvalue weighted by molar-refractivity contribution is 0.0959. The molecule has 5 nitrogen and oxygen atoms in total. The van der Waals surface area contributed by atoms with Crippen LogP contribution in [0.1, 0.15) is 15.2 Å². The first kappa shape index (κ1) is 20.2. The molecule has 1 N–H and O–H groups in total. The first-order valence-electron chi connectivity index (χ1n) is 9.91. The predicted octanol–water partition coefficient (Wildman–Crippen LogP) is 6.17. The van der Waals surface area contributed by atoms with E-state index in [0.717, 1.165) is 32.6 Å². The van der Waals surface area contributed by atoms with Crippen LogP contribution < -0.4 is 5.43 Å². The normalized spacial score (nSPS) is 11.3. The molecule has 32 heavy (non-hydrogen) atoms. The summed E-state index contributed by atoms with van der Waals surface area (Å²) in [6, 6.07) is 27.4. The zero-order valence-corrected chi connectivity index (χ0v) is 18.3. The third-order valence-corrected chi connectivity index (χ3v) is 6.60. The lowest BCUT2D eigenvalue weighted by Gasteiger charge is -2.00. The van der Waals surface area contributed by atoms with Gasteiger partial charge in [-0.25, -0.2) is 10.1 Å². The summed E-state index contributed by atoms with van der Waals surface area (Å²) >= 11 is 7.75. The van der Waals surface area contributed by atoms with Crippen LogP contribution in [0.3, 0.4) is 0 Å². The molecular weight excluding hydrogens is 440 g/mol. The number of amides is 1. The van der Waals surface area contributed by atoms with Gasteiger partial charge in [0.25, 0.3) is 5.91 Å². The fourth-order valence-corrected chi connectivity index (χ4v) is 4.79. The van der Waals surface area contributed by atoms with Crippen LogP contribution in [0.15, 0.2) is 96.2 Å². The van der Waals surface area contributed by atoms with E-state index in [0.29, 0.717) is 9.90 Å². The van der Waals surface area contributed by atoms with Crippen molar-refractivity contribution in [3.63, 3.8) is 0 Å². The van der Waals surface area contributed by atoms with Crippen LogP contribution in [0.4, 0.5) is 0 Å². The lowest BCUT2D eigenvalue weighted by Crippen LogP contribution is -2.16. The Morgan fingerprint density at radius 2 is 1.66 bits per heavy atom. The van der Waals surface area contributed by atoms with Crippen molar-refractivity contribution in [2.24, 2.45) is 5.10 Å². The molecule has 0 saturated carbocycles. The average molecular weight is 457 g/mol. The second-order valence-corrected chi connectivity index (χ2v) is 8.45. The number of para-hydroxylation sites is 1. The Morgan fingerprint density at radius 1 is 0.969 bits per heavy atom. The number of halogens is 1. The van der Waals surface area contributed by atoms with Gasteiger partial charge in [-0.3, -0.25) is 4.79 Å². The van der Waals surface area contributed by atoms with Crippen molar-refractivity contribution in [2.45, 2.75) is 0 Å². The highest BCUT2D eigenvalue weighted by Crippen LogP contribution is 2.35. The summed E-state index contributed by atoms with van der Waals surface area (Å²) in [7, 11) is 0. The zero-order valence-electron chi connectivity index (χ0n) is 16.8. The van der Waals surface area contributed by atoms with Crippen LogP contribution in [0, 0.1) is 0 Å². The second kappa shape index (κ2) is 8.78. The Balaban J connectivity index is 1.44. The minimum Gasteiger partial charge on any atom is -0.266 e. The van der Waals surface area contributed by atoms with E-state index in [2.05, 4.69) is 10.5 Å². The van der Waals surface area contributed by atoms with Gasteiger partial charge in [0, 0.05) is 27.4 Å². The lowest BCUT2D eigenvalue weighted by atomic mass is 10.1. The number of thiophene rings is 1. The molecule has 0 aliphatic carbocycles. The summed E-state index contributed by atoms with van der Waals surface area (Å²) in [5.41, 5.74) is 6.04. The summed E-state index contributed by atoms with van der Waals surface area (Å²) in [5.74, 6) is -0.343. The van der Waals surface area contributed by atoms with Crippen molar-refractivity contribution in [2.75, 3.05) is 0 Å². The highest BCUT2D eigenvalue weighted by molar-refractivity contribution is 7.21. The minimum atomic E-state index is -0.343. The molecule has 156 valence electrons. The Morgan fingerprint density at radius 3 is 2.41 bits per heavy atom. The van der Waals surface area contributed by atoms with Gasteiger partial charge in [-0.2, -0.15) is 10.2 Å². The molecule has 3 aromatic carbocycles. The molecule has 0 saturated heterocycles. The average Bonchev–Trinajstić information content (AvgIpc) is 3.42. The quantitative estimate of drug-likeness (QED) is 0.254. The maximum Gasteiger partial charge on any atom is 0.283 e. The number of hydrogen-bond acceptors (Lipinski definition) is 4. The maximum absolute atomic E-state index is 12.7. The predicted molar refractivity (Wildman–Crippen MR) is 131 cm³/mol. The minimum absolute atomic E-state index is 0.343. The highest BCUT2D eigenvalue weighted by Gasteiger charge is 2.16. The molecule has 0 aliphatic rings. The maximum atomic E-state index is 12.7. The number of carbonyl (C=O) groups is 1. The number of hydrazone groups is 1. The van der Waals surface area contributed by atoms with Crippen LogP contribution >= 0.6 is 22.9 Å². The third-order valence-electron chi connectivity index (χ3n) is 4.92. The monoisotopic (exact) mass is 456 g/mol. The van der Waals surface area contributed by atoms with Gasteiger partial charge in [-0.15, -0.1) is 11.3 Å². The number of carbonyl (C=O) groups excluding carboxylic acids is 1. The van der Waals surface area contributed by atoms with Crippen LogP contribution in [0.2, 0.25) is 5.02 Å². The molecule has 7 heteroatoms. The number of rotatable bonds is 5. The fourth-order valence-electron chi connectivity index (χ4n) is 3.39. The molecule has 0 atom stereocenters. The standard InChI is InChI=1S/C25H17ClN4OS/c26-22-20-13-7-8-14-21(20)32-24(22)25(31)28-27-15-18-16-30(19-11-5-2-6-12-19)29-23(18)17-9-3-1-4-10-17/h1-16H,(H,28,31)/b27-15-. The van der Waals surface area contributed by atoms with Crippen LogP contribution in [0.25, 0.3) is 27.0 Å². The van der Waals surface area contributed by atoms with Crippen LogP contribution in [0.5, 0.6) is 0 Å². The van der Waals surface area contributed by atoms with Crippen molar-refractivity contribution < 1.29 is 4.79 Å². The summed E-state index contributed by atoms with van der Waals surface area (Å²) in [6.45, 7) is 0. The van der Waals surface area contributed by atoms with Gasteiger partial charge in [-0.1, -0.05) is 78.3 Å². The molecule has 2 aromatic heterocycles. The van der Waals surface area contributed by atoms with Crippen molar-refractivity contribution in [3.05, 3.63) is 107 Å². The molecule has 0 aliphatic heterocycles. The van der Waals surface area contributed by atoms with Gasteiger partial charge in [-0.05, 0) is 18.2 Å². The smallest absolute Gasteiger partial charge is 0.266 e. The van der Waals surface area contributed by atoms with E-state index >= 15 is 0 Å². The van der Waals surface area contributed by atoms with Gasteiger partial charge >= 0.3 is 0 Å². The van der Waals surface area contributed by atoms with Gasteiger partial charge in [0.15, 0.2) is 0 Å². The second-order valence-electron chi connectivity index (χ2n) is 7.02. The van der Waals surface area contributed by atoms with Crippen molar-refractivity contribution >= 4 is 45.1 Å². The highest BCUT2D eigenvalue weighted by atomic mass is 35.5. The first-order chi connectivity index (χ1) is 15.7. The SMILES string of the molecule is O=C(N/N=C\c1cn(-c2ccccc2)nc1-c1ccccc1)c1sc2ccccc2c1Cl. The van der Waals surface area contributed by atoms with E-state index in [1.165, 1.54) is 11.3 Å². The van der Waals surface area contributed by atoms with Gasteiger partial charge in [0.2, 0.25) is 0 Å². The van der Waals surface area contributed by atoms with Gasteiger partial charge in [0.1, 0.15) is 10.6 Å². The summed E-state index contributed by atoms with van der Waals surface area (Å²) in [4.78, 5) is 13.1. The van der Waals surface area contributed by atoms with E-state index in [4.69, 9.17) is 16.7 Å². The van der Waals surface area contributed by atoms with E-state index in [1.807, 2.05) is 91.1 Å². The summed E-state index contributed by atoms with van der Waals surface area (Å²) in [5, 5.41) is 10.2. The molecule has 5 aromatic rings. The third kappa shape index (κ3) is 3.93. The van der Waals surface area contributed by atoms with Crippen molar-refractivity contribution in [1.82, 2.24) is 15.2 Å². The van der Waals surface area contributed by atoms with Crippen LogP contribution in [-0.2, 0) is 0 Å². The molecule has 0 radical (unpaired) electrons. The zero-order chi connectivity index (χ0) is 21.9. The number of fused-ring (bicyclic) bond motifs is 1. The van der Waals surface area contributed by atoms with Gasteiger partial charge in [0.05, 0.1) is 16.9 Å².